The van der Waals surface area contributed by atoms with Gasteiger partial charge >= 0.3 is 0 Å². The molecule has 1 unspecified atom stereocenters. The number of piperidine rings is 1. The number of nitrogens with zero attached hydrogens (tertiary/aromatic N) is 2. The molecule has 1 N–H and O–H groups in total. The number of anilines is 1. The maximum atomic E-state index is 12.5. The molecule has 2 aromatic rings. The predicted octanol–water partition coefficient (Wildman–Crippen LogP) is 3.40. The Morgan fingerprint density at radius 3 is 2.88 bits per heavy atom. The number of likely N-dealkylation sites (tertiary alicyclic amines) is 1. The molecule has 1 fully saturated rings. The average molecular weight is 343 g/mol. The van der Waals surface area contributed by atoms with Gasteiger partial charge < -0.3 is 10.2 Å². The van der Waals surface area contributed by atoms with Crippen LogP contribution in [-0.4, -0.2) is 34.2 Å². The maximum absolute atomic E-state index is 12.5. The number of rotatable bonds is 4. The van der Waals surface area contributed by atoms with E-state index in [1.807, 2.05) is 43.3 Å². The Kier molecular flexibility index (Phi) is 5.25. The lowest BCUT2D eigenvalue weighted by atomic mass is 9.97. The summed E-state index contributed by atoms with van der Waals surface area (Å²) in [7, 11) is 0. The molecule has 5 nitrogen and oxygen atoms in total. The van der Waals surface area contributed by atoms with Crippen LogP contribution in [0.15, 0.2) is 36.4 Å². The molecule has 0 aliphatic carbocycles. The van der Waals surface area contributed by atoms with E-state index in [0.717, 1.165) is 35.6 Å². The fraction of sp³-hybridized carbons (Fsp3) is 0.389. The van der Waals surface area contributed by atoms with E-state index >= 15 is 0 Å². The van der Waals surface area contributed by atoms with Crippen molar-refractivity contribution in [1.29, 1.82) is 0 Å². The normalized spacial score (nSPS) is 17.5. The van der Waals surface area contributed by atoms with Gasteiger partial charge in [-0.3, -0.25) is 9.59 Å². The molecule has 0 bridgehead atoms. The largest absolute Gasteiger partial charge is 0.342 e. The van der Waals surface area contributed by atoms with Crippen LogP contribution in [0, 0.1) is 5.92 Å². The van der Waals surface area contributed by atoms with Gasteiger partial charge in [-0.2, -0.15) is 4.37 Å². The molecule has 1 saturated heterocycles. The van der Waals surface area contributed by atoms with E-state index in [-0.39, 0.29) is 17.7 Å². The first-order valence-corrected chi connectivity index (χ1v) is 9.05. The van der Waals surface area contributed by atoms with Gasteiger partial charge in [0, 0.05) is 31.1 Å². The lowest BCUT2D eigenvalue weighted by Gasteiger charge is -2.31. The molecule has 24 heavy (non-hydrogen) atoms. The van der Waals surface area contributed by atoms with Crippen molar-refractivity contribution in [2.24, 2.45) is 5.92 Å². The van der Waals surface area contributed by atoms with Crippen LogP contribution in [0.4, 0.5) is 5.00 Å². The van der Waals surface area contributed by atoms with Gasteiger partial charge in [-0.05, 0) is 24.4 Å². The summed E-state index contributed by atoms with van der Waals surface area (Å²) >= 11 is 1.29. The molecule has 3 rings (SSSR count). The Labute approximate surface area is 145 Å². The molecule has 1 aromatic heterocycles. The van der Waals surface area contributed by atoms with Crippen molar-refractivity contribution in [3.8, 4) is 11.3 Å². The molecule has 2 heterocycles. The highest BCUT2D eigenvalue weighted by atomic mass is 32.1. The maximum Gasteiger partial charge on any atom is 0.229 e. The van der Waals surface area contributed by atoms with Gasteiger partial charge in [-0.15, -0.1) is 0 Å². The Hall–Kier alpha value is -2.21. The topological polar surface area (TPSA) is 62.3 Å². The third-order valence-corrected chi connectivity index (χ3v) is 4.98. The number of hydrogen-bond acceptors (Lipinski definition) is 4. The minimum Gasteiger partial charge on any atom is -0.342 e. The molecule has 1 aliphatic heterocycles. The molecule has 1 aromatic carbocycles. The average Bonchev–Trinajstić information content (AvgIpc) is 3.10. The van der Waals surface area contributed by atoms with Crippen LogP contribution < -0.4 is 5.32 Å². The van der Waals surface area contributed by atoms with Crippen LogP contribution in [0.3, 0.4) is 0 Å². The zero-order chi connectivity index (χ0) is 16.9. The number of carbonyl (C=O) groups excluding carboxylic acids is 2. The molecule has 0 radical (unpaired) electrons. The lowest BCUT2D eigenvalue weighted by Crippen LogP contribution is -2.43. The highest BCUT2D eigenvalue weighted by Crippen LogP contribution is 2.26. The third kappa shape index (κ3) is 3.82. The zero-order valence-corrected chi connectivity index (χ0v) is 14.5. The second-order valence-corrected chi connectivity index (χ2v) is 6.77. The van der Waals surface area contributed by atoms with Crippen molar-refractivity contribution < 1.29 is 9.59 Å². The van der Waals surface area contributed by atoms with Crippen LogP contribution in [-0.2, 0) is 9.59 Å². The summed E-state index contributed by atoms with van der Waals surface area (Å²) in [6.07, 6.45) is 2.19. The first kappa shape index (κ1) is 16.6. The quantitative estimate of drug-likeness (QED) is 0.925. The van der Waals surface area contributed by atoms with E-state index in [1.54, 1.807) is 4.90 Å². The van der Waals surface area contributed by atoms with E-state index in [0.29, 0.717) is 13.0 Å². The summed E-state index contributed by atoms with van der Waals surface area (Å²) in [6, 6.07) is 11.8. The molecule has 2 amide bonds. The van der Waals surface area contributed by atoms with Gasteiger partial charge in [0.15, 0.2) is 0 Å². The zero-order valence-electron chi connectivity index (χ0n) is 13.7. The van der Waals surface area contributed by atoms with Gasteiger partial charge in [-0.1, -0.05) is 37.3 Å². The van der Waals surface area contributed by atoms with E-state index in [4.69, 9.17) is 0 Å². The lowest BCUT2D eigenvalue weighted by molar-refractivity contribution is -0.134. The molecule has 0 spiro atoms. The van der Waals surface area contributed by atoms with Gasteiger partial charge in [0.2, 0.25) is 11.8 Å². The van der Waals surface area contributed by atoms with Crippen LogP contribution >= 0.6 is 11.5 Å². The van der Waals surface area contributed by atoms with E-state index in [2.05, 4.69) is 9.69 Å². The van der Waals surface area contributed by atoms with Crippen molar-refractivity contribution in [3.05, 3.63) is 36.4 Å². The van der Waals surface area contributed by atoms with E-state index < -0.39 is 0 Å². The molecule has 0 saturated carbocycles. The van der Waals surface area contributed by atoms with E-state index in [9.17, 15) is 9.59 Å². The Morgan fingerprint density at radius 2 is 2.12 bits per heavy atom. The van der Waals surface area contributed by atoms with Crippen LogP contribution in [0.25, 0.3) is 11.3 Å². The summed E-state index contributed by atoms with van der Waals surface area (Å²) in [5.41, 5.74) is 1.90. The number of hydrogen-bond donors (Lipinski definition) is 1. The first-order valence-electron chi connectivity index (χ1n) is 8.28. The summed E-state index contributed by atoms with van der Waals surface area (Å²) < 4.78 is 4.40. The fourth-order valence-electron chi connectivity index (χ4n) is 2.94. The second kappa shape index (κ2) is 7.57. The number of benzene rings is 1. The van der Waals surface area contributed by atoms with Crippen LogP contribution in [0.2, 0.25) is 0 Å². The Bertz CT molecular complexity index is 714. The van der Waals surface area contributed by atoms with Gasteiger partial charge in [0.25, 0.3) is 0 Å². The highest BCUT2D eigenvalue weighted by Gasteiger charge is 2.28. The molecule has 6 heteroatoms. The van der Waals surface area contributed by atoms with Crippen molar-refractivity contribution in [3.63, 3.8) is 0 Å². The first-order chi connectivity index (χ1) is 11.7. The minimum absolute atomic E-state index is 0.0214. The predicted molar refractivity (Wildman–Crippen MR) is 95.8 cm³/mol. The van der Waals surface area contributed by atoms with E-state index in [1.165, 1.54) is 11.5 Å². The molecule has 1 aliphatic rings. The standard InChI is InChI=1S/C18H21N3O2S/c1-2-17(22)21-10-6-9-14(12-21)18(23)19-16-11-15(20-24-16)13-7-4-3-5-8-13/h3-5,7-8,11,14H,2,6,9-10,12H2,1H3,(H,19,23). The van der Waals surface area contributed by atoms with Gasteiger partial charge in [0.05, 0.1) is 11.6 Å². The summed E-state index contributed by atoms with van der Waals surface area (Å²) in [6.45, 7) is 3.13. The minimum atomic E-state index is -0.142. The summed E-state index contributed by atoms with van der Waals surface area (Å²) in [4.78, 5) is 26.1. The van der Waals surface area contributed by atoms with Crippen molar-refractivity contribution in [1.82, 2.24) is 9.27 Å². The van der Waals surface area contributed by atoms with Crippen molar-refractivity contribution >= 4 is 28.3 Å². The van der Waals surface area contributed by atoms with Crippen LogP contribution in [0.1, 0.15) is 26.2 Å². The monoisotopic (exact) mass is 343 g/mol. The summed E-state index contributed by atoms with van der Waals surface area (Å²) in [5, 5.41) is 3.71. The highest BCUT2D eigenvalue weighted by molar-refractivity contribution is 7.10. The number of carbonyl (C=O) groups is 2. The molecule has 1 atom stereocenters. The second-order valence-electron chi connectivity index (χ2n) is 5.96. The fourth-order valence-corrected chi connectivity index (χ4v) is 3.61. The van der Waals surface area contributed by atoms with Gasteiger partial charge in [-0.25, -0.2) is 0 Å². The van der Waals surface area contributed by atoms with Crippen molar-refractivity contribution in [2.45, 2.75) is 26.2 Å². The van der Waals surface area contributed by atoms with Gasteiger partial charge in [0.1, 0.15) is 5.00 Å². The summed E-state index contributed by atoms with van der Waals surface area (Å²) in [5.74, 6) is -0.0416. The van der Waals surface area contributed by atoms with Crippen LogP contribution in [0.5, 0.6) is 0 Å². The Morgan fingerprint density at radius 1 is 1.33 bits per heavy atom. The molecule has 126 valence electrons. The van der Waals surface area contributed by atoms with Crippen molar-refractivity contribution in [2.75, 3.05) is 18.4 Å². The number of nitrogens with one attached hydrogen (secondary N) is 1. The molecular weight excluding hydrogens is 322 g/mol. The SMILES string of the molecule is CCC(=O)N1CCCC(C(=O)Nc2cc(-c3ccccc3)ns2)C1. The molecular formula is C18H21N3O2S. The Balaban J connectivity index is 1.63. The smallest absolute Gasteiger partial charge is 0.229 e. The number of amides is 2. The number of aromatic nitrogens is 1. The third-order valence-electron chi connectivity index (χ3n) is 4.27.